The zero-order valence-electron chi connectivity index (χ0n) is 15.9. The number of hydrogen-bond acceptors (Lipinski definition) is 6. The van der Waals surface area contributed by atoms with Crippen LogP contribution in [0.3, 0.4) is 0 Å². The maximum Gasteiger partial charge on any atom is 0.237 e. The number of carbonyl (C=O) groups excluding carboxylic acids is 1. The zero-order chi connectivity index (χ0) is 20.3. The predicted molar refractivity (Wildman–Crippen MR) is 111 cm³/mol. The van der Waals surface area contributed by atoms with Gasteiger partial charge >= 0.3 is 0 Å². The van der Waals surface area contributed by atoms with Crippen molar-refractivity contribution in [2.45, 2.75) is 31.2 Å². The predicted octanol–water partition coefficient (Wildman–Crippen LogP) is 4.06. The van der Waals surface area contributed by atoms with Gasteiger partial charge in [-0.25, -0.2) is 0 Å². The molecule has 0 aliphatic rings. The molecule has 1 amide bonds. The molecule has 3 aromatic rings. The van der Waals surface area contributed by atoms with Crippen molar-refractivity contribution >= 4 is 35.0 Å². The Labute approximate surface area is 172 Å². The molecule has 2 aromatic carbocycles. The normalized spacial score (nSPS) is 11.9. The summed E-state index contributed by atoms with van der Waals surface area (Å²) in [5, 5.41) is 15.3. The van der Waals surface area contributed by atoms with Gasteiger partial charge in [0.15, 0.2) is 0 Å². The summed E-state index contributed by atoms with van der Waals surface area (Å²) in [6.45, 7) is 5.87. The molecule has 1 N–H and O–H groups in total. The van der Waals surface area contributed by atoms with Crippen LogP contribution in [0.25, 0.3) is 5.69 Å². The molecule has 0 spiro atoms. The SMILES string of the molecule is COc1ccc(Cl)cc1NC(=O)[C@H](C)Sc1nnnn1-c1ccc(C)c(C)c1. The molecular weight excluding hydrogens is 398 g/mol. The molecule has 0 saturated carbocycles. The summed E-state index contributed by atoms with van der Waals surface area (Å²) >= 11 is 7.29. The van der Waals surface area contributed by atoms with E-state index in [0.717, 1.165) is 11.3 Å². The summed E-state index contributed by atoms with van der Waals surface area (Å²) in [6.07, 6.45) is 0. The molecule has 0 aliphatic carbocycles. The molecule has 1 atom stereocenters. The molecular formula is C19H20ClN5O2S. The number of tetrazole rings is 1. The van der Waals surface area contributed by atoms with E-state index in [0.29, 0.717) is 21.6 Å². The van der Waals surface area contributed by atoms with Gasteiger partial charge in [0.25, 0.3) is 0 Å². The largest absolute Gasteiger partial charge is 0.495 e. The van der Waals surface area contributed by atoms with Crippen LogP contribution in [-0.2, 0) is 4.79 Å². The highest BCUT2D eigenvalue weighted by Crippen LogP contribution is 2.29. The standard InChI is InChI=1S/C19H20ClN5O2S/c1-11-5-7-15(9-12(11)2)25-19(22-23-24-25)28-13(3)18(26)21-16-10-14(20)6-8-17(16)27-4/h5-10,13H,1-4H3,(H,21,26)/t13-/m0/s1. The average Bonchev–Trinajstić information content (AvgIpc) is 3.12. The number of rotatable bonds is 6. The molecule has 146 valence electrons. The van der Waals surface area contributed by atoms with Crippen LogP contribution < -0.4 is 10.1 Å². The first kappa shape index (κ1) is 20.2. The van der Waals surface area contributed by atoms with Gasteiger partial charge in [0, 0.05) is 5.02 Å². The van der Waals surface area contributed by atoms with Crippen molar-refractivity contribution in [3.05, 3.63) is 52.5 Å². The Balaban J connectivity index is 1.76. The Kier molecular flexibility index (Phi) is 6.21. The van der Waals surface area contributed by atoms with E-state index >= 15 is 0 Å². The fourth-order valence-corrected chi connectivity index (χ4v) is 3.48. The first-order valence-electron chi connectivity index (χ1n) is 8.56. The van der Waals surface area contributed by atoms with Crippen molar-refractivity contribution in [2.24, 2.45) is 0 Å². The third kappa shape index (κ3) is 4.45. The molecule has 1 aromatic heterocycles. The van der Waals surface area contributed by atoms with Crippen molar-refractivity contribution in [1.29, 1.82) is 0 Å². The lowest BCUT2D eigenvalue weighted by atomic mass is 10.1. The second-order valence-electron chi connectivity index (χ2n) is 6.24. The smallest absolute Gasteiger partial charge is 0.237 e. The number of halogens is 1. The average molecular weight is 418 g/mol. The fraction of sp³-hybridized carbons (Fsp3) is 0.263. The highest BCUT2D eigenvalue weighted by molar-refractivity contribution is 8.00. The van der Waals surface area contributed by atoms with Crippen LogP contribution in [-0.4, -0.2) is 38.5 Å². The quantitative estimate of drug-likeness (QED) is 0.609. The highest BCUT2D eigenvalue weighted by atomic mass is 35.5. The van der Waals surface area contributed by atoms with E-state index in [4.69, 9.17) is 16.3 Å². The Morgan fingerprint density at radius 2 is 2.00 bits per heavy atom. The van der Waals surface area contributed by atoms with Gasteiger partial charge < -0.3 is 10.1 Å². The minimum Gasteiger partial charge on any atom is -0.495 e. The molecule has 3 rings (SSSR count). The van der Waals surface area contributed by atoms with E-state index in [-0.39, 0.29) is 5.91 Å². The Bertz CT molecular complexity index is 1010. The van der Waals surface area contributed by atoms with Gasteiger partial charge in [0.2, 0.25) is 11.1 Å². The summed E-state index contributed by atoms with van der Waals surface area (Å²) in [7, 11) is 1.54. The van der Waals surface area contributed by atoms with E-state index in [9.17, 15) is 4.79 Å². The number of carbonyl (C=O) groups is 1. The van der Waals surface area contributed by atoms with Crippen LogP contribution in [0.2, 0.25) is 5.02 Å². The Morgan fingerprint density at radius 3 is 2.71 bits per heavy atom. The van der Waals surface area contributed by atoms with Gasteiger partial charge in [0.1, 0.15) is 5.75 Å². The molecule has 7 nitrogen and oxygen atoms in total. The molecule has 0 saturated heterocycles. The van der Waals surface area contributed by atoms with Gasteiger partial charge in [-0.2, -0.15) is 4.68 Å². The number of hydrogen-bond donors (Lipinski definition) is 1. The number of benzene rings is 2. The van der Waals surface area contributed by atoms with Gasteiger partial charge in [0.05, 0.1) is 23.7 Å². The topological polar surface area (TPSA) is 81.9 Å². The third-order valence-electron chi connectivity index (χ3n) is 4.25. The maximum atomic E-state index is 12.7. The number of anilines is 1. The number of nitrogens with zero attached hydrogens (tertiary/aromatic N) is 4. The number of methoxy groups -OCH3 is 1. The third-order valence-corrected chi connectivity index (χ3v) is 5.51. The van der Waals surface area contributed by atoms with Crippen molar-refractivity contribution in [2.75, 3.05) is 12.4 Å². The van der Waals surface area contributed by atoms with Crippen LogP contribution in [0.1, 0.15) is 18.1 Å². The summed E-state index contributed by atoms with van der Waals surface area (Å²) in [6, 6.07) is 11.0. The maximum absolute atomic E-state index is 12.7. The summed E-state index contributed by atoms with van der Waals surface area (Å²) < 4.78 is 6.89. The second kappa shape index (κ2) is 8.62. The number of nitrogens with one attached hydrogen (secondary N) is 1. The number of ether oxygens (including phenoxy) is 1. The van der Waals surface area contributed by atoms with Gasteiger partial charge in [-0.05, 0) is 72.7 Å². The van der Waals surface area contributed by atoms with Crippen LogP contribution in [0, 0.1) is 13.8 Å². The van der Waals surface area contributed by atoms with Crippen LogP contribution in [0.15, 0.2) is 41.6 Å². The zero-order valence-corrected chi connectivity index (χ0v) is 17.5. The summed E-state index contributed by atoms with van der Waals surface area (Å²) in [5.74, 6) is 0.329. The van der Waals surface area contributed by atoms with Crippen molar-refractivity contribution in [1.82, 2.24) is 20.2 Å². The lowest BCUT2D eigenvalue weighted by molar-refractivity contribution is -0.115. The number of thioether (sulfide) groups is 1. The van der Waals surface area contributed by atoms with Gasteiger partial charge in [-0.15, -0.1) is 5.10 Å². The number of aromatic nitrogens is 4. The molecule has 0 radical (unpaired) electrons. The minimum absolute atomic E-state index is 0.208. The molecule has 0 aliphatic heterocycles. The fourth-order valence-electron chi connectivity index (χ4n) is 2.50. The molecule has 1 heterocycles. The number of amides is 1. The van der Waals surface area contributed by atoms with Crippen LogP contribution in [0.5, 0.6) is 5.75 Å². The lowest BCUT2D eigenvalue weighted by Crippen LogP contribution is -2.23. The van der Waals surface area contributed by atoms with Crippen molar-refractivity contribution < 1.29 is 9.53 Å². The molecule has 9 heteroatoms. The van der Waals surface area contributed by atoms with E-state index in [1.807, 2.05) is 32.0 Å². The van der Waals surface area contributed by atoms with Crippen LogP contribution >= 0.6 is 23.4 Å². The monoisotopic (exact) mass is 417 g/mol. The lowest BCUT2D eigenvalue weighted by Gasteiger charge is -2.14. The Hall–Kier alpha value is -2.58. The molecule has 0 bridgehead atoms. The van der Waals surface area contributed by atoms with Gasteiger partial charge in [-0.1, -0.05) is 29.4 Å². The Morgan fingerprint density at radius 1 is 1.21 bits per heavy atom. The second-order valence-corrected chi connectivity index (χ2v) is 7.98. The van der Waals surface area contributed by atoms with E-state index in [1.54, 1.807) is 29.8 Å². The molecule has 0 unspecified atom stereocenters. The van der Waals surface area contributed by atoms with E-state index in [1.165, 1.54) is 24.4 Å². The highest BCUT2D eigenvalue weighted by Gasteiger charge is 2.20. The van der Waals surface area contributed by atoms with Crippen molar-refractivity contribution in [3.8, 4) is 11.4 Å². The van der Waals surface area contributed by atoms with E-state index in [2.05, 4.69) is 20.8 Å². The minimum atomic E-state index is -0.444. The first-order chi connectivity index (χ1) is 13.4. The van der Waals surface area contributed by atoms with Gasteiger partial charge in [-0.3, -0.25) is 4.79 Å². The van der Waals surface area contributed by atoms with Crippen molar-refractivity contribution in [3.63, 3.8) is 0 Å². The molecule has 0 fully saturated rings. The first-order valence-corrected chi connectivity index (χ1v) is 9.82. The van der Waals surface area contributed by atoms with Crippen LogP contribution in [0.4, 0.5) is 5.69 Å². The number of aryl methyl sites for hydroxylation is 2. The summed E-state index contributed by atoms with van der Waals surface area (Å²) in [5.41, 5.74) is 3.69. The summed E-state index contributed by atoms with van der Waals surface area (Å²) in [4.78, 5) is 12.7. The van der Waals surface area contributed by atoms with E-state index < -0.39 is 5.25 Å². The molecule has 28 heavy (non-hydrogen) atoms.